The molecule has 31 heavy (non-hydrogen) atoms. The van der Waals surface area contributed by atoms with Crippen molar-refractivity contribution in [1.29, 1.82) is 0 Å². The highest BCUT2D eigenvalue weighted by Gasteiger charge is 2.15. The zero-order valence-corrected chi connectivity index (χ0v) is 17.3. The molecule has 0 saturated carbocycles. The van der Waals surface area contributed by atoms with E-state index in [1.807, 2.05) is 30.3 Å². The Bertz CT molecular complexity index is 1840. The van der Waals surface area contributed by atoms with E-state index in [9.17, 15) is 0 Å². The molecule has 6 aromatic rings. The number of para-hydroxylation sites is 1. The van der Waals surface area contributed by atoms with Crippen molar-refractivity contribution in [1.82, 2.24) is 4.98 Å². The molecule has 2 heteroatoms. The van der Waals surface area contributed by atoms with Crippen LogP contribution >= 0.6 is 0 Å². The highest BCUT2D eigenvalue weighted by molar-refractivity contribution is 6.17. The van der Waals surface area contributed by atoms with E-state index >= 15 is 0 Å². The molecule has 0 spiro atoms. The average molecular weight is 407 g/mol. The van der Waals surface area contributed by atoms with Crippen LogP contribution in [-0.4, -0.2) is 4.98 Å². The van der Waals surface area contributed by atoms with Gasteiger partial charge >= 0.3 is 0 Å². The summed E-state index contributed by atoms with van der Waals surface area (Å²) in [7, 11) is 0. The fourth-order valence-electron chi connectivity index (χ4n) is 4.29. The number of pyridine rings is 1. The van der Waals surface area contributed by atoms with Crippen molar-refractivity contribution in [2.24, 2.45) is 5.92 Å². The largest absolute Gasteiger partial charge is 0.455 e. The summed E-state index contributed by atoms with van der Waals surface area (Å²) in [6, 6.07) is 21.6. The lowest BCUT2D eigenvalue weighted by Gasteiger charge is -2.07. The van der Waals surface area contributed by atoms with Gasteiger partial charge in [-0.25, -0.2) is 0 Å². The molecule has 0 atom stereocenters. The molecule has 0 aliphatic rings. The molecule has 0 N–H and O–H groups in total. The first-order valence-corrected chi connectivity index (χ1v) is 10.4. The van der Waals surface area contributed by atoms with E-state index < -0.39 is 12.3 Å². The van der Waals surface area contributed by atoms with Crippen LogP contribution in [0.2, 0.25) is 0 Å². The molecule has 0 bridgehead atoms. The van der Waals surface area contributed by atoms with Crippen LogP contribution in [0.5, 0.6) is 0 Å². The van der Waals surface area contributed by atoms with Gasteiger partial charge in [0.15, 0.2) is 0 Å². The van der Waals surface area contributed by atoms with Crippen LogP contribution < -0.4 is 0 Å². The van der Waals surface area contributed by atoms with Gasteiger partial charge in [0.1, 0.15) is 11.2 Å². The standard InChI is InChI=1S/C29H23NO/c1-18(2)14-19-12-13-30-27(15-19)24-9-5-8-23-26-16-21-11-10-20-6-3-4-7-22(20)25(21)17-28(26)31-29(23)24/h3-13,15-18H,14H2,1-2H3/i12D,13D,14D2,15D. The Hall–Kier alpha value is -3.65. The molecule has 2 nitrogen and oxygen atoms in total. The molecule has 150 valence electrons. The summed E-state index contributed by atoms with van der Waals surface area (Å²) in [5.41, 5.74) is 1.78. The Morgan fingerprint density at radius 2 is 1.74 bits per heavy atom. The summed E-state index contributed by atoms with van der Waals surface area (Å²) in [6.07, 6.45) is -2.31. The minimum atomic E-state index is -1.96. The van der Waals surface area contributed by atoms with Crippen LogP contribution in [0.25, 0.3) is 54.7 Å². The molecular formula is C29H23NO. The maximum atomic E-state index is 8.84. The van der Waals surface area contributed by atoms with Crippen LogP contribution in [0.15, 0.2) is 89.4 Å². The monoisotopic (exact) mass is 406 g/mol. The summed E-state index contributed by atoms with van der Waals surface area (Å²) < 4.78 is 48.9. The SMILES string of the molecule is [2H]c1nc(-c2cccc3c2oc2cc4c(ccc5ccccc54)cc23)c([2H])c(C([2H])([2H])C(C)C)c1[2H]. The van der Waals surface area contributed by atoms with Gasteiger partial charge in [-0.1, -0.05) is 62.4 Å². The number of rotatable bonds is 3. The fourth-order valence-corrected chi connectivity index (χ4v) is 4.29. The van der Waals surface area contributed by atoms with Crippen molar-refractivity contribution in [3.05, 3.63) is 90.6 Å². The van der Waals surface area contributed by atoms with Crippen molar-refractivity contribution in [2.45, 2.75) is 20.2 Å². The van der Waals surface area contributed by atoms with Crippen molar-refractivity contribution >= 4 is 43.5 Å². The van der Waals surface area contributed by atoms with E-state index in [2.05, 4.69) is 35.3 Å². The summed E-state index contributed by atoms with van der Waals surface area (Å²) >= 11 is 0. The topological polar surface area (TPSA) is 26.0 Å². The Kier molecular flexibility index (Phi) is 3.05. The first-order valence-electron chi connectivity index (χ1n) is 12.9. The lowest BCUT2D eigenvalue weighted by atomic mass is 9.99. The Balaban J connectivity index is 1.66. The van der Waals surface area contributed by atoms with Crippen molar-refractivity contribution < 1.29 is 11.3 Å². The quantitative estimate of drug-likeness (QED) is 0.277. The molecule has 2 aromatic heterocycles. The average Bonchev–Trinajstić information content (AvgIpc) is 3.22. The molecule has 0 amide bonds. The van der Waals surface area contributed by atoms with E-state index in [1.54, 1.807) is 19.9 Å². The molecule has 0 radical (unpaired) electrons. The van der Waals surface area contributed by atoms with E-state index in [0.717, 1.165) is 32.3 Å². The lowest BCUT2D eigenvalue weighted by Crippen LogP contribution is -1.95. The van der Waals surface area contributed by atoms with Gasteiger partial charge in [0.2, 0.25) is 0 Å². The second kappa shape index (κ2) is 6.95. The second-order valence-corrected chi connectivity index (χ2v) is 8.14. The Labute approximate surface area is 188 Å². The van der Waals surface area contributed by atoms with Crippen LogP contribution in [0.4, 0.5) is 0 Å². The normalized spacial score (nSPS) is 14.7. The minimum Gasteiger partial charge on any atom is -0.455 e. The molecule has 0 saturated heterocycles. The zero-order valence-electron chi connectivity index (χ0n) is 22.3. The van der Waals surface area contributed by atoms with Gasteiger partial charge in [0, 0.05) is 25.3 Å². The van der Waals surface area contributed by atoms with Gasteiger partial charge < -0.3 is 4.42 Å². The van der Waals surface area contributed by atoms with Gasteiger partial charge in [-0.05, 0) is 69.7 Å². The van der Waals surface area contributed by atoms with Gasteiger partial charge in [0.25, 0.3) is 0 Å². The van der Waals surface area contributed by atoms with Crippen LogP contribution in [0, 0.1) is 5.92 Å². The van der Waals surface area contributed by atoms with E-state index in [4.69, 9.17) is 11.3 Å². The van der Waals surface area contributed by atoms with Crippen molar-refractivity contribution in [3.8, 4) is 11.3 Å². The number of fused-ring (bicyclic) bond motifs is 6. The first-order chi connectivity index (χ1) is 17.2. The molecule has 6 rings (SSSR count). The Morgan fingerprint density at radius 1 is 0.903 bits per heavy atom. The van der Waals surface area contributed by atoms with Crippen molar-refractivity contribution in [2.75, 3.05) is 0 Å². The van der Waals surface area contributed by atoms with E-state index in [1.165, 1.54) is 0 Å². The fraction of sp³-hybridized carbons (Fsp3) is 0.138. The molecule has 0 unspecified atom stereocenters. The highest BCUT2D eigenvalue weighted by atomic mass is 16.3. The lowest BCUT2D eigenvalue weighted by molar-refractivity contribution is 0.647. The highest BCUT2D eigenvalue weighted by Crippen LogP contribution is 2.38. The van der Waals surface area contributed by atoms with Gasteiger partial charge in [-0.3, -0.25) is 4.98 Å². The number of hydrogen-bond acceptors (Lipinski definition) is 2. The van der Waals surface area contributed by atoms with Gasteiger partial charge in [-0.2, -0.15) is 0 Å². The third-order valence-electron chi connectivity index (χ3n) is 5.64. The van der Waals surface area contributed by atoms with E-state index in [-0.39, 0.29) is 29.5 Å². The smallest absolute Gasteiger partial charge is 0.144 e. The van der Waals surface area contributed by atoms with Gasteiger partial charge in [-0.15, -0.1) is 0 Å². The first kappa shape index (κ1) is 13.6. The summed E-state index contributed by atoms with van der Waals surface area (Å²) in [4.78, 5) is 4.26. The summed E-state index contributed by atoms with van der Waals surface area (Å²) in [6.45, 7) is 3.41. The number of hydrogen-bond donors (Lipinski definition) is 0. The predicted molar refractivity (Wildman–Crippen MR) is 131 cm³/mol. The number of aromatic nitrogens is 1. The van der Waals surface area contributed by atoms with Crippen LogP contribution in [0.3, 0.4) is 0 Å². The maximum Gasteiger partial charge on any atom is 0.144 e. The Morgan fingerprint density at radius 3 is 2.65 bits per heavy atom. The summed E-state index contributed by atoms with van der Waals surface area (Å²) in [5.74, 6) is -0.482. The van der Waals surface area contributed by atoms with Crippen molar-refractivity contribution in [3.63, 3.8) is 0 Å². The van der Waals surface area contributed by atoms with E-state index in [0.29, 0.717) is 16.7 Å². The minimum absolute atomic E-state index is 0.113. The number of nitrogens with zero attached hydrogens (tertiary/aromatic N) is 1. The van der Waals surface area contributed by atoms with Crippen LogP contribution in [-0.2, 0) is 6.37 Å². The third kappa shape index (κ3) is 2.98. The number of furan rings is 1. The zero-order chi connectivity index (χ0) is 25.4. The predicted octanol–water partition coefficient (Wildman–Crippen LogP) is 8.15. The molecule has 0 aliphatic carbocycles. The molecule has 0 fully saturated rings. The molecule has 4 aromatic carbocycles. The molecule has 2 heterocycles. The van der Waals surface area contributed by atoms with Gasteiger partial charge in [0.05, 0.1) is 9.81 Å². The van der Waals surface area contributed by atoms with Crippen LogP contribution in [0.1, 0.15) is 26.3 Å². The second-order valence-electron chi connectivity index (χ2n) is 8.14. The molecule has 0 aliphatic heterocycles. The third-order valence-corrected chi connectivity index (χ3v) is 5.64. The maximum absolute atomic E-state index is 8.84. The molecular weight excluding hydrogens is 378 g/mol. The number of benzene rings is 4. The summed E-state index contributed by atoms with van der Waals surface area (Å²) in [5, 5.41) is 6.25.